The first-order valence-corrected chi connectivity index (χ1v) is 4.42. The molecule has 4 heteroatoms. The van der Waals surface area contributed by atoms with Gasteiger partial charge in [-0.3, -0.25) is 4.79 Å². The van der Waals surface area contributed by atoms with Crippen molar-refractivity contribution in [2.24, 2.45) is 0 Å². The monoisotopic (exact) mass is 184 g/mol. The minimum absolute atomic E-state index is 0.803. The van der Waals surface area contributed by atoms with Crippen LogP contribution in [0.5, 0.6) is 0 Å². The number of hydrogen-bond donors (Lipinski definition) is 0. The molecule has 1 aliphatic rings. The standard InChI is InChI=1S/C9H16N2O2/c1-9(13-2)7-10-3-5-11(8-12)6-4-10/h7-8H,3-6H2,1-2H3/b9-7-. The predicted octanol–water partition coefficient (Wildman–Crippen LogP) is 0.268. The van der Waals surface area contributed by atoms with Crippen LogP contribution in [0.25, 0.3) is 0 Å². The van der Waals surface area contributed by atoms with Crippen LogP contribution < -0.4 is 0 Å². The van der Waals surface area contributed by atoms with E-state index in [1.54, 1.807) is 12.0 Å². The van der Waals surface area contributed by atoms with Gasteiger partial charge < -0.3 is 14.5 Å². The molecule has 0 saturated carbocycles. The molecule has 0 atom stereocenters. The van der Waals surface area contributed by atoms with Crippen LogP contribution in [0.2, 0.25) is 0 Å². The third-order valence-corrected chi connectivity index (χ3v) is 2.18. The lowest BCUT2D eigenvalue weighted by atomic mass is 10.3. The van der Waals surface area contributed by atoms with Crippen LogP contribution in [-0.2, 0) is 9.53 Å². The van der Waals surface area contributed by atoms with Crippen LogP contribution in [0, 0.1) is 0 Å². The third kappa shape index (κ3) is 2.97. The van der Waals surface area contributed by atoms with Crippen LogP contribution in [0.3, 0.4) is 0 Å². The molecule has 0 aromatic rings. The highest BCUT2D eigenvalue weighted by Crippen LogP contribution is 2.03. The van der Waals surface area contributed by atoms with Gasteiger partial charge in [0.25, 0.3) is 0 Å². The number of carbonyl (C=O) groups excluding carboxylic acids is 1. The fourth-order valence-corrected chi connectivity index (χ4v) is 1.28. The first-order valence-electron chi connectivity index (χ1n) is 4.42. The van der Waals surface area contributed by atoms with Crippen molar-refractivity contribution in [3.63, 3.8) is 0 Å². The average molecular weight is 184 g/mol. The zero-order chi connectivity index (χ0) is 9.68. The minimum Gasteiger partial charge on any atom is -0.500 e. The van der Waals surface area contributed by atoms with Crippen LogP contribution in [0.15, 0.2) is 12.0 Å². The van der Waals surface area contributed by atoms with Crippen LogP contribution in [0.1, 0.15) is 6.92 Å². The molecule has 0 radical (unpaired) electrons. The number of methoxy groups -OCH3 is 1. The van der Waals surface area contributed by atoms with E-state index in [0.717, 1.165) is 38.3 Å². The van der Waals surface area contributed by atoms with Crippen molar-refractivity contribution >= 4 is 6.41 Å². The van der Waals surface area contributed by atoms with Gasteiger partial charge in [-0.2, -0.15) is 0 Å². The molecule has 1 rings (SSSR count). The summed E-state index contributed by atoms with van der Waals surface area (Å²) in [6.45, 7) is 5.30. The molecule has 0 spiro atoms. The van der Waals surface area contributed by atoms with Crippen molar-refractivity contribution in [1.29, 1.82) is 0 Å². The first-order chi connectivity index (χ1) is 6.26. The zero-order valence-corrected chi connectivity index (χ0v) is 8.19. The summed E-state index contributed by atoms with van der Waals surface area (Å²) in [6.07, 6.45) is 2.90. The smallest absolute Gasteiger partial charge is 0.209 e. The minimum atomic E-state index is 0.803. The van der Waals surface area contributed by atoms with Gasteiger partial charge in [0.15, 0.2) is 0 Å². The van der Waals surface area contributed by atoms with E-state index in [4.69, 9.17) is 4.74 Å². The van der Waals surface area contributed by atoms with E-state index in [2.05, 4.69) is 4.90 Å². The first kappa shape index (κ1) is 9.89. The van der Waals surface area contributed by atoms with Crippen molar-refractivity contribution < 1.29 is 9.53 Å². The van der Waals surface area contributed by atoms with Gasteiger partial charge in [-0.05, 0) is 6.92 Å². The van der Waals surface area contributed by atoms with Crippen molar-refractivity contribution in [2.75, 3.05) is 33.3 Å². The summed E-state index contributed by atoms with van der Waals surface area (Å²) in [4.78, 5) is 14.4. The largest absolute Gasteiger partial charge is 0.500 e. The Labute approximate surface area is 78.8 Å². The lowest BCUT2D eigenvalue weighted by Gasteiger charge is -2.31. The van der Waals surface area contributed by atoms with Gasteiger partial charge in [-0.1, -0.05) is 0 Å². The molecule has 0 N–H and O–H groups in total. The second-order valence-electron chi connectivity index (χ2n) is 3.12. The van der Waals surface area contributed by atoms with E-state index in [1.165, 1.54) is 0 Å². The molecule has 0 unspecified atom stereocenters. The molecule has 1 fully saturated rings. The lowest BCUT2D eigenvalue weighted by molar-refractivity contribution is -0.119. The Morgan fingerprint density at radius 2 is 1.77 bits per heavy atom. The summed E-state index contributed by atoms with van der Waals surface area (Å²) in [7, 11) is 1.66. The van der Waals surface area contributed by atoms with E-state index in [0.29, 0.717) is 0 Å². The third-order valence-electron chi connectivity index (χ3n) is 2.18. The van der Waals surface area contributed by atoms with Crippen molar-refractivity contribution in [3.05, 3.63) is 12.0 Å². The number of allylic oxidation sites excluding steroid dienone is 1. The summed E-state index contributed by atoms with van der Waals surface area (Å²) in [5.74, 6) is 0.902. The molecule has 4 nitrogen and oxygen atoms in total. The molecule has 0 aromatic heterocycles. The van der Waals surface area contributed by atoms with Crippen molar-refractivity contribution in [3.8, 4) is 0 Å². The quantitative estimate of drug-likeness (QED) is 0.466. The predicted molar refractivity (Wildman–Crippen MR) is 50.0 cm³/mol. The number of ether oxygens (including phenoxy) is 1. The van der Waals surface area contributed by atoms with Crippen molar-refractivity contribution in [1.82, 2.24) is 9.80 Å². The Balaban J connectivity index is 2.36. The number of nitrogens with zero attached hydrogens (tertiary/aromatic N) is 2. The maximum absolute atomic E-state index is 10.4. The number of piperazine rings is 1. The van der Waals surface area contributed by atoms with Gasteiger partial charge in [0.2, 0.25) is 6.41 Å². The fraction of sp³-hybridized carbons (Fsp3) is 0.667. The van der Waals surface area contributed by atoms with Gasteiger partial charge in [0, 0.05) is 32.4 Å². The van der Waals surface area contributed by atoms with Gasteiger partial charge in [-0.25, -0.2) is 0 Å². The molecule has 1 heterocycles. The second kappa shape index (κ2) is 4.74. The highest BCUT2D eigenvalue weighted by Gasteiger charge is 2.12. The number of hydrogen-bond acceptors (Lipinski definition) is 3. The summed E-state index contributed by atoms with van der Waals surface area (Å²) >= 11 is 0. The Bertz CT molecular complexity index is 196. The summed E-state index contributed by atoms with van der Waals surface area (Å²) in [5, 5.41) is 0. The van der Waals surface area contributed by atoms with Crippen LogP contribution >= 0.6 is 0 Å². The molecular formula is C9H16N2O2. The molecule has 0 aromatic carbocycles. The Morgan fingerprint density at radius 3 is 2.23 bits per heavy atom. The number of rotatable bonds is 3. The van der Waals surface area contributed by atoms with E-state index in [1.807, 2.05) is 13.1 Å². The van der Waals surface area contributed by atoms with Gasteiger partial charge in [-0.15, -0.1) is 0 Å². The maximum Gasteiger partial charge on any atom is 0.209 e. The zero-order valence-electron chi connectivity index (χ0n) is 8.19. The molecule has 1 saturated heterocycles. The molecule has 1 amide bonds. The van der Waals surface area contributed by atoms with Crippen LogP contribution in [-0.4, -0.2) is 49.5 Å². The Kier molecular flexibility index (Phi) is 3.61. The normalized spacial score (nSPS) is 18.8. The topological polar surface area (TPSA) is 32.8 Å². The molecule has 1 aliphatic heterocycles. The van der Waals surface area contributed by atoms with Crippen LogP contribution in [0.4, 0.5) is 0 Å². The maximum atomic E-state index is 10.4. The summed E-state index contributed by atoms with van der Waals surface area (Å²) in [6, 6.07) is 0. The average Bonchev–Trinajstić information content (AvgIpc) is 2.19. The Hall–Kier alpha value is -1.19. The molecule has 0 aliphatic carbocycles. The van der Waals surface area contributed by atoms with E-state index in [9.17, 15) is 4.79 Å². The highest BCUT2D eigenvalue weighted by molar-refractivity contribution is 5.47. The van der Waals surface area contributed by atoms with Crippen molar-refractivity contribution in [2.45, 2.75) is 6.92 Å². The lowest BCUT2D eigenvalue weighted by Crippen LogP contribution is -2.43. The molecule has 74 valence electrons. The molecule has 13 heavy (non-hydrogen) atoms. The summed E-state index contributed by atoms with van der Waals surface area (Å²) in [5.41, 5.74) is 0. The van der Waals surface area contributed by atoms with E-state index >= 15 is 0 Å². The second-order valence-corrected chi connectivity index (χ2v) is 3.12. The van der Waals surface area contributed by atoms with E-state index in [-0.39, 0.29) is 0 Å². The van der Waals surface area contributed by atoms with Gasteiger partial charge >= 0.3 is 0 Å². The number of amides is 1. The van der Waals surface area contributed by atoms with E-state index < -0.39 is 0 Å². The Morgan fingerprint density at radius 1 is 1.23 bits per heavy atom. The molecular weight excluding hydrogens is 168 g/mol. The molecule has 0 bridgehead atoms. The SMILES string of the molecule is CO/C(C)=C\N1CCN(C=O)CC1. The van der Waals surface area contributed by atoms with Gasteiger partial charge in [0.1, 0.15) is 5.76 Å². The van der Waals surface area contributed by atoms with Gasteiger partial charge in [0.05, 0.1) is 7.11 Å². The summed E-state index contributed by atoms with van der Waals surface area (Å²) < 4.78 is 5.04. The fourth-order valence-electron chi connectivity index (χ4n) is 1.28. The highest BCUT2D eigenvalue weighted by atomic mass is 16.5. The number of carbonyl (C=O) groups is 1.